The van der Waals surface area contributed by atoms with E-state index in [1.54, 1.807) is 29.2 Å². The Morgan fingerprint density at radius 1 is 0.700 bits per heavy atom. The minimum absolute atomic E-state index is 0.00100. The van der Waals surface area contributed by atoms with E-state index in [-0.39, 0.29) is 30.3 Å². The van der Waals surface area contributed by atoms with Crippen molar-refractivity contribution in [3.8, 4) is 0 Å². The molecule has 198 valence electrons. The molecule has 4 amide bonds. The van der Waals surface area contributed by atoms with E-state index in [0.29, 0.717) is 41.9 Å². The van der Waals surface area contributed by atoms with Gasteiger partial charge in [-0.1, -0.05) is 73.2 Å². The van der Waals surface area contributed by atoms with Crippen molar-refractivity contribution in [2.24, 2.45) is 5.92 Å². The molecule has 0 N–H and O–H groups in total. The number of amides is 4. The topological polar surface area (TPSA) is 78.0 Å². The van der Waals surface area contributed by atoms with Crippen LogP contribution in [0.25, 0.3) is 10.8 Å². The molecule has 2 aliphatic heterocycles. The molecule has 2 atom stereocenters. The lowest BCUT2D eigenvalue weighted by Crippen LogP contribution is -2.49. The zero-order valence-electron chi connectivity index (χ0n) is 21.8. The first-order valence-electron chi connectivity index (χ1n) is 13.7. The maximum atomic E-state index is 14.2. The number of nitrogens with zero attached hydrogens (tertiary/aromatic N) is 3. The number of carbonyl (C=O) groups excluding carboxylic acids is 4. The van der Waals surface area contributed by atoms with Crippen LogP contribution in [0, 0.1) is 5.92 Å². The summed E-state index contributed by atoms with van der Waals surface area (Å²) in [6.07, 6.45) is 2.18. The number of para-hydroxylation sites is 2. The highest BCUT2D eigenvalue weighted by Gasteiger charge is 2.47. The van der Waals surface area contributed by atoms with Gasteiger partial charge in [0.2, 0.25) is 11.8 Å². The molecule has 40 heavy (non-hydrogen) atoms. The summed E-state index contributed by atoms with van der Waals surface area (Å²) in [5.41, 5.74) is 2.94. The summed E-state index contributed by atoms with van der Waals surface area (Å²) in [6, 6.07) is 28.0. The van der Waals surface area contributed by atoms with Crippen LogP contribution >= 0.6 is 0 Å². The van der Waals surface area contributed by atoms with Gasteiger partial charge >= 0.3 is 0 Å². The normalized spacial score (nSPS) is 20.0. The van der Waals surface area contributed by atoms with Crippen molar-refractivity contribution in [3.63, 3.8) is 0 Å². The van der Waals surface area contributed by atoms with Gasteiger partial charge in [-0.05, 0) is 53.4 Å². The molecule has 0 bridgehead atoms. The highest BCUT2D eigenvalue weighted by atomic mass is 16.2. The Morgan fingerprint density at radius 3 is 2.12 bits per heavy atom. The van der Waals surface area contributed by atoms with Crippen LogP contribution in [0.3, 0.4) is 0 Å². The number of benzene rings is 4. The number of carbonyl (C=O) groups is 4. The number of imide groups is 1. The van der Waals surface area contributed by atoms with Crippen LogP contribution in [-0.4, -0.2) is 41.1 Å². The fourth-order valence-corrected chi connectivity index (χ4v) is 6.61. The molecule has 7 rings (SSSR count). The molecule has 0 radical (unpaired) electrons. The van der Waals surface area contributed by atoms with Crippen LogP contribution in [-0.2, 0) is 16.1 Å². The second kappa shape index (κ2) is 9.45. The number of anilines is 2. The minimum atomic E-state index is -0.464. The summed E-state index contributed by atoms with van der Waals surface area (Å²) in [7, 11) is 0. The molecule has 0 aromatic heterocycles. The average molecular weight is 530 g/mol. The third-order valence-corrected chi connectivity index (χ3v) is 8.48. The first-order chi connectivity index (χ1) is 19.5. The summed E-state index contributed by atoms with van der Waals surface area (Å²) < 4.78 is 0. The minimum Gasteiger partial charge on any atom is -0.306 e. The number of rotatable bonds is 4. The molecule has 4 aromatic rings. The largest absolute Gasteiger partial charge is 0.306 e. The second-order valence-electron chi connectivity index (χ2n) is 10.7. The van der Waals surface area contributed by atoms with E-state index in [9.17, 15) is 19.2 Å². The maximum absolute atomic E-state index is 14.2. The molecular formula is C33H27N3O4. The van der Waals surface area contributed by atoms with Crippen molar-refractivity contribution in [1.82, 2.24) is 4.90 Å². The van der Waals surface area contributed by atoms with Crippen LogP contribution in [0.4, 0.5) is 11.4 Å². The van der Waals surface area contributed by atoms with Gasteiger partial charge in [-0.25, -0.2) is 0 Å². The molecule has 4 aromatic carbocycles. The molecule has 2 heterocycles. The second-order valence-corrected chi connectivity index (χ2v) is 10.7. The molecule has 1 fully saturated rings. The summed E-state index contributed by atoms with van der Waals surface area (Å²) in [5.74, 6) is -1.66. The summed E-state index contributed by atoms with van der Waals surface area (Å²) in [4.78, 5) is 58.9. The predicted molar refractivity (Wildman–Crippen MR) is 152 cm³/mol. The predicted octanol–water partition coefficient (Wildman–Crippen LogP) is 5.18. The third-order valence-electron chi connectivity index (χ3n) is 8.48. The summed E-state index contributed by atoms with van der Waals surface area (Å²) >= 11 is 0. The van der Waals surface area contributed by atoms with Crippen molar-refractivity contribution in [1.29, 1.82) is 0 Å². The lowest BCUT2D eigenvalue weighted by Gasteiger charge is -2.31. The first kappa shape index (κ1) is 24.3. The SMILES string of the molecule is O=C1c2ccccc2C(=O)N1CC(=O)N1c2ccccc2N(Cc2cccc3ccccc23)C(=O)[C@H]2CCC[C@H]21. The smallest absolute Gasteiger partial charge is 0.262 e. The fraction of sp³-hybridized carbons (Fsp3) is 0.212. The highest BCUT2D eigenvalue weighted by Crippen LogP contribution is 2.44. The monoisotopic (exact) mass is 529 g/mol. The first-order valence-corrected chi connectivity index (χ1v) is 13.7. The van der Waals surface area contributed by atoms with E-state index < -0.39 is 11.8 Å². The quantitative estimate of drug-likeness (QED) is 0.341. The summed E-state index contributed by atoms with van der Waals surface area (Å²) in [6.45, 7) is 0.00225. The Hall–Kier alpha value is -4.78. The Balaban J connectivity index is 1.27. The van der Waals surface area contributed by atoms with Crippen molar-refractivity contribution < 1.29 is 19.2 Å². The van der Waals surface area contributed by atoms with Gasteiger partial charge < -0.3 is 9.80 Å². The molecule has 3 aliphatic rings. The molecule has 0 spiro atoms. The van der Waals surface area contributed by atoms with Crippen LogP contribution in [0.15, 0.2) is 91.0 Å². The Bertz CT molecular complexity index is 1670. The van der Waals surface area contributed by atoms with Gasteiger partial charge in [-0.15, -0.1) is 0 Å². The lowest BCUT2D eigenvalue weighted by atomic mass is 9.99. The highest BCUT2D eigenvalue weighted by molar-refractivity contribution is 6.23. The van der Waals surface area contributed by atoms with E-state index in [1.807, 2.05) is 53.4 Å². The van der Waals surface area contributed by atoms with Gasteiger partial charge in [0.1, 0.15) is 6.54 Å². The zero-order chi connectivity index (χ0) is 27.4. The van der Waals surface area contributed by atoms with Crippen molar-refractivity contribution in [2.45, 2.75) is 31.8 Å². The van der Waals surface area contributed by atoms with E-state index in [4.69, 9.17) is 0 Å². The lowest BCUT2D eigenvalue weighted by molar-refractivity contribution is -0.123. The Kier molecular flexibility index (Phi) is 5.73. The maximum Gasteiger partial charge on any atom is 0.262 e. The van der Waals surface area contributed by atoms with E-state index in [0.717, 1.165) is 27.7 Å². The molecule has 0 saturated heterocycles. The molecule has 0 unspecified atom stereocenters. The Labute approximate surface area is 231 Å². The molecule has 1 aliphatic carbocycles. The number of hydrogen-bond donors (Lipinski definition) is 0. The van der Waals surface area contributed by atoms with Gasteiger partial charge in [-0.2, -0.15) is 0 Å². The van der Waals surface area contributed by atoms with Crippen molar-refractivity contribution in [2.75, 3.05) is 16.3 Å². The van der Waals surface area contributed by atoms with Crippen molar-refractivity contribution in [3.05, 3.63) is 108 Å². The van der Waals surface area contributed by atoms with Gasteiger partial charge in [0.05, 0.1) is 35.0 Å². The third kappa shape index (κ3) is 3.72. The van der Waals surface area contributed by atoms with E-state index in [1.165, 1.54) is 0 Å². The fourth-order valence-electron chi connectivity index (χ4n) is 6.61. The number of hydrogen-bond acceptors (Lipinski definition) is 4. The number of fused-ring (bicyclic) bond motifs is 4. The van der Waals surface area contributed by atoms with Crippen LogP contribution in [0.5, 0.6) is 0 Å². The van der Waals surface area contributed by atoms with Crippen LogP contribution in [0.2, 0.25) is 0 Å². The summed E-state index contributed by atoms with van der Waals surface area (Å²) in [5, 5.41) is 2.19. The van der Waals surface area contributed by atoms with Gasteiger partial charge in [-0.3, -0.25) is 24.1 Å². The van der Waals surface area contributed by atoms with Crippen LogP contribution < -0.4 is 9.80 Å². The Morgan fingerprint density at radius 2 is 1.35 bits per heavy atom. The van der Waals surface area contributed by atoms with Gasteiger partial charge in [0.15, 0.2) is 0 Å². The molecule has 7 nitrogen and oxygen atoms in total. The average Bonchev–Trinajstić information content (AvgIpc) is 3.53. The molecular weight excluding hydrogens is 502 g/mol. The van der Waals surface area contributed by atoms with E-state index >= 15 is 0 Å². The van der Waals surface area contributed by atoms with Gasteiger partial charge in [0, 0.05) is 6.04 Å². The molecule has 7 heteroatoms. The molecule has 1 saturated carbocycles. The van der Waals surface area contributed by atoms with Gasteiger partial charge in [0.25, 0.3) is 11.8 Å². The van der Waals surface area contributed by atoms with E-state index in [2.05, 4.69) is 18.2 Å². The standard InChI is InChI=1S/C33H27N3O4/c37-30(20-35-31(38)24-13-3-4-14-25(24)32(35)39)36-27-18-8-15-26(27)33(40)34(28-16-5-6-17-29(28)36)19-22-11-7-10-21-9-1-2-12-23(21)22/h1-7,9-14,16-17,26-27H,8,15,18-20H2/t26-,27+/m0/s1. The van der Waals surface area contributed by atoms with Crippen LogP contribution in [0.1, 0.15) is 45.5 Å². The zero-order valence-corrected chi connectivity index (χ0v) is 21.8. The van der Waals surface area contributed by atoms with Crippen molar-refractivity contribution >= 4 is 45.8 Å².